The first-order valence-electron chi connectivity index (χ1n) is 7.78. The number of carboxylic acids is 1. The van der Waals surface area contributed by atoms with Crippen molar-refractivity contribution in [1.29, 1.82) is 0 Å². The number of aromatic carboxylic acids is 1. The monoisotopic (exact) mass is 341 g/mol. The number of piperidine rings is 1. The molecule has 0 bridgehead atoms. The summed E-state index contributed by atoms with van der Waals surface area (Å²) in [6.45, 7) is 6.07. The zero-order valence-electron chi connectivity index (χ0n) is 13.9. The number of ether oxygens (including phenoxy) is 1. The van der Waals surface area contributed by atoms with Gasteiger partial charge in [-0.1, -0.05) is 0 Å². The molecule has 24 heavy (non-hydrogen) atoms. The number of hydrogen-bond donors (Lipinski definition) is 1. The van der Waals surface area contributed by atoms with Gasteiger partial charge in [0.25, 0.3) is 0 Å². The molecular formula is C17H21F2NO4. The lowest BCUT2D eigenvalue weighted by molar-refractivity contribution is 0.0203. The van der Waals surface area contributed by atoms with Gasteiger partial charge in [-0.3, -0.25) is 0 Å². The summed E-state index contributed by atoms with van der Waals surface area (Å²) in [7, 11) is 0. The Bertz CT molecular complexity index is 647. The number of rotatable bonds is 2. The van der Waals surface area contributed by atoms with Crippen LogP contribution >= 0.6 is 0 Å². The molecule has 0 aromatic heterocycles. The van der Waals surface area contributed by atoms with Crippen LogP contribution in [0.15, 0.2) is 12.1 Å². The summed E-state index contributed by atoms with van der Waals surface area (Å²) >= 11 is 0. The zero-order valence-corrected chi connectivity index (χ0v) is 13.9. The number of benzene rings is 1. The molecule has 132 valence electrons. The number of carbonyl (C=O) groups is 2. The molecule has 0 radical (unpaired) electrons. The van der Waals surface area contributed by atoms with Gasteiger partial charge in [0.2, 0.25) is 0 Å². The lowest BCUT2D eigenvalue weighted by atomic mass is 9.86. The fourth-order valence-electron chi connectivity index (χ4n) is 2.78. The average Bonchev–Trinajstić information content (AvgIpc) is 2.48. The first kappa shape index (κ1) is 18.2. The van der Waals surface area contributed by atoms with Crippen molar-refractivity contribution in [3.8, 4) is 0 Å². The molecule has 1 aromatic carbocycles. The van der Waals surface area contributed by atoms with Crippen LogP contribution in [0.5, 0.6) is 0 Å². The van der Waals surface area contributed by atoms with Gasteiger partial charge in [-0.15, -0.1) is 0 Å². The molecule has 0 atom stereocenters. The summed E-state index contributed by atoms with van der Waals surface area (Å²) in [5.41, 5.74) is -0.556. The van der Waals surface area contributed by atoms with E-state index in [4.69, 9.17) is 4.74 Å². The van der Waals surface area contributed by atoms with E-state index in [-0.39, 0.29) is 17.0 Å². The van der Waals surface area contributed by atoms with Gasteiger partial charge in [-0.2, -0.15) is 0 Å². The van der Waals surface area contributed by atoms with E-state index < -0.39 is 29.3 Å². The zero-order chi connectivity index (χ0) is 18.1. The normalized spacial score (nSPS) is 16.1. The van der Waals surface area contributed by atoms with E-state index in [1.165, 1.54) is 0 Å². The number of hydrogen-bond acceptors (Lipinski definition) is 3. The van der Waals surface area contributed by atoms with Crippen LogP contribution in [-0.4, -0.2) is 40.8 Å². The van der Waals surface area contributed by atoms with Crippen LogP contribution in [0.3, 0.4) is 0 Å². The SMILES string of the molecule is CC(C)(C)OC(=O)N1CCC(c2cc(F)c(F)cc2C(=O)O)CC1. The van der Waals surface area contributed by atoms with E-state index in [1.807, 2.05) is 0 Å². The van der Waals surface area contributed by atoms with Gasteiger partial charge in [0, 0.05) is 13.1 Å². The van der Waals surface area contributed by atoms with Crippen LogP contribution in [0.25, 0.3) is 0 Å². The van der Waals surface area contributed by atoms with Crippen LogP contribution in [-0.2, 0) is 4.74 Å². The van der Waals surface area contributed by atoms with Crippen LogP contribution < -0.4 is 0 Å². The minimum Gasteiger partial charge on any atom is -0.478 e. The molecule has 1 fully saturated rings. The van der Waals surface area contributed by atoms with E-state index in [0.717, 1.165) is 6.07 Å². The van der Waals surface area contributed by atoms with Crippen molar-refractivity contribution in [3.05, 3.63) is 34.9 Å². The Kier molecular flexibility index (Phi) is 5.11. The van der Waals surface area contributed by atoms with Gasteiger partial charge in [0.05, 0.1) is 5.56 Å². The summed E-state index contributed by atoms with van der Waals surface area (Å²) < 4.78 is 32.1. The molecule has 1 aliphatic heterocycles. The molecule has 0 saturated carbocycles. The minimum atomic E-state index is -1.29. The third kappa shape index (κ3) is 4.21. The van der Waals surface area contributed by atoms with Crippen molar-refractivity contribution in [1.82, 2.24) is 4.90 Å². The Labute approximate surface area is 139 Å². The molecule has 0 aliphatic carbocycles. The predicted octanol–water partition coefficient (Wildman–Crippen LogP) is 3.78. The molecule has 7 heteroatoms. The Balaban J connectivity index is 2.11. The fraction of sp³-hybridized carbons (Fsp3) is 0.529. The molecular weight excluding hydrogens is 320 g/mol. The van der Waals surface area contributed by atoms with Crippen molar-refractivity contribution >= 4 is 12.1 Å². The van der Waals surface area contributed by atoms with Crippen molar-refractivity contribution < 1.29 is 28.2 Å². The van der Waals surface area contributed by atoms with Crippen molar-refractivity contribution in [2.45, 2.75) is 45.1 Å². The van der Waals surface area contributed by atoms with Gasteiger partial charge >= 0.3 is 12.1 Å². The Morgan fingerprint density at radius 3 is 2.21 bits per heavy atom. The summed E-state index contributed by atoms with van der Waals surface area (Å²) in [5, 5.41) is 9.21. The first-order valence-corrected chi connectivity index (χ1v) is 7.78. The smallest absolute Gasteiger partial charge is 0.410 e. The molecule has 1 amide bonds. The minimum absolute atomic E-state index is 0.232. The van der Waals surface area contributed by atoms with Gasteiger partial charge in [0.1, 0.15) is 5.60 Å². The van der Waals surface area contributed by atoms with Gasteiger partial charge in [0.15, 0.2) is 11.6 Å². The summed E-state index contributed by atoms with van der Waals surface area (Å²) in [4.78, 5) is 24.9. The van der Waals surface area contributed by atoms with Crippen LogP contribution in [0.1, 0.15) is 55.5 Å². The van der Waals surface area contributed by atoms with Crippen molar-refractivity contribution in [3.63, 3.8) is 0 Å². The topological polar surface area (TPSA) is 66.8 Å². The van der Waals surface area contributed by atoms with Gasteiger partial charge in [-0.25, -0.2) is 18.4 Å². The number of likely N-dealkylation sites (tertiary alicyclic amines) is 1. The lowest BCUT2D eigenvalue weighted by Crippen LogP contribution is -2.41. The van der Waals surface area contributed by atoms with E-state index in [9.17, 15) is 23.5 Å². The average molecular weight is 341 g/mol. The highest BCUT2D eigenvalue weighted by Crippen LogP contribution is 2.32. The molecule has 0 spiro atoms. The highest BCUT2D eigenvalue weighted by Gasteiger charge is 2.30. The molecule has 1 aromatic rings. The van der Waals surface area contributed by atoms with E-state index in [0.29, 0.717) is 32.0 Å². The Hall–Kier alpha value is -2.18. The Morgan fingerprint density at radius 2 is 1.71 bits per heavy atom. The highest BCUT2D eigenvalue weighted by atomic mass is 19.2. The number of nitrogens with zero attached hydrogens (tertiary/aromatic N) is 1. The maximum Gasteiger partial charge on any atom is 0.410 e. The number of amides is 1. The first-order chi connectivity index (χ1) is 11.1. The van der Waals surface area contributed by atoms with Gasteiger partial charge < -0.3 is 14.7 Å². The second-order valence-electron chi connectivity index (χ2n) is 6.90. The largest absolute Gasteiger partial charge is 0.478 e. The highest BCUT2D eigenvalue weighted by molar-refractivity contribution is 5.89. The standard InChI is InChI=1S/C17H21F2NO4/c1-17(2,3)24-16(23)20-6-4-10(5-7-20)11-8-13(18)14(19)9-12(11)15(21)22/h8-10H,4-7H2,1-3H3,(H,21,22). The third-order valence-electron chi connectivity index (χ3n) is 3.91. The Morgan fingerprint density at radius 1 is 1.17 bits per heavy atom. The maximum atomic E-state index is 13.5. The number of carboxylic acid groups (broad SMARTS) is 1. The lowest BCUT2D eigenvalue weighted by Gasteiger charge is -2.34. The molecule has 0 unspecified atom stereocenters. The van der Waals surface area contributed by atoms with Crippen molar-refractivity contribution in [2.24, 2.45) is 0 Å². The summed E-state index contributed by atoms with van der Waals surface area (Å²) in [6, 6.07) is 1.67. The molecule has 1 saturated heterocycles. The van der Waals surface area contributed by atoms with E-state index >= 15 is 0 Å². The number of carbonyl (C=O) groups excluding carboxylic acids is 1. The second kappa shape index (κ2) is 6.75. The third-order valence-corrected chi connectivity index (χ3v) is 3.91. The molecule has 1 N–H and O–H groups in total. The molecule has 1 aliphatic rings. The predicted molar refractivity (Wildman–Crippen MR) is 83.1 cm³/mol. The fourth-order valence-corrected chi connectivity index (χ4v) is 2.78. The van der Waals surface area contributed by atoms with Crippen LogP contribution in [0.4, 0.5) is 13.6 Å². The summed E-state index contributed by atoms with van der Waals surface area (Å²) in [5.74, 6) is -3.78. The van der Waals surface area contributed by atoms with E-state index in [1.54, 1.807) is 25.7 Å². The van der Waals surface area contributed by atoms with Gasteiger partial charge in [-0.05, 0) is 57.2 Å². The molecule has 5 nitrogen and oxygen atoms in total. The van der Waals surface area contributed by atoms with Crippen molar-refractivity contribution in [2.75, 3.05) is 13.1 Å². The summed E-state index contributed by atoms with van der Waals surface area (Å²) in [6.07, 6.45) is 0.500. The quantitative estimate of drug-likeness (QED) is 0.889. The maximum absolute atomic E-state index is 13.5. The molecule has 1 heterocycles. The van der Waals surface area contributed by atoms with E-state index in [2.05, 4.69) is 0 Å². The second-order valence-corrected chi connectivity index (χ2v) is 6.90. The van der Waals surface area contributed by atoms with Crippen LogP contribution in [0, 0.1) is 11.6 Å². The number of halogens is 2. The molecule has 2 rings (SSSR count). The van der Waals surface area contributed by atoms with Crippen LogP contribution in [0.2, 0.25) is 0 Å².